The summed E-state index contributed by atoms with van der Waals surface area (Å²) in [5, 5.41) is 0. The van der Waals surface area contributed by atoms with E-state index in [9.17, 15) is 0 Å². The molecule has 1 heterocycles. The smallest absolute Gasteiger partial charge is 0.140 e. The third-order valence-electron chi connectivity index (χ3n) is 5.12. The van der Waals surface area contributed by atoms with Crippen LogP contribution in [0.5, 0.6) is 5.75 Å². The van der Waals surface area contributed by atoms with Crippen molar-refractivity contribution in [3.05, 3.63) is 59.7 Å². The number of anilines is 1. The largest absolute Gasteiger partial charge is 0.484 e. The van der Waals surface area contributed by atoms with Gasteiger partial charge < -0.3 is 10.5 Å². The number of hydrogen-bond acceptors (Lipinski definition) is 3. The molecular formula is C20H24N2O. The van der Waals surface area contributed by atoms with Crippen molar-refractivity contribution in [1.82, 2.24) is 4.90 Å². The molecule has 0 saturated carbocycles. The van der Waals surface area contributed by atoms with Gasteiger partial charge in [-0.3, -0.25) is 4.90 Å². The van der Waals surface area contributed by atoms with Crippen molar-refractivity contribution in [2.45, 2.75) is 37.8 Å². The van der Waals surface area contributed by atoms with E-state index in [-0.39, 0.29) is 6.10 Å². The molecule has 0 bridgehead atoms. The van der Waals surface area contributed by atoms with Crippen molar-refractivity contribution in [2.75, 3.05) is 18.8 Å². The van der Waals surface area contributed by atoms with Gasteiger partial charge in [0.25, 0.3) is 0 Å². The van der Waals surface area contributed by atoms with Crippen LogP contribution in [-0.4, -0.2) is 24.0 Å². The van der Waals surface area contributed by atoms with E-state index in [1.165, 1.54) is 43.5 Å². The SMILES string of the molecule is Nc1cccc(O[C@H]2c3ccccc3C[C@@H]2N2CCCCC2)c1. The molecule has 1 aliphatic carbocycles. The Bertz CT molecular complexity index is 679. The van der Waals surface area contributed by atoms with Crippen LogP contribution >= 0.6 is 0 Å². The van der Waals surface area contributed by atoms with Crippen LogP contribution in [0.2, 0.25) is 0 Å². The Labute approximate surface area is 138 Å². The van der Waals surface area contributed by atoms with Gasteiger partial charge in [-0.15, -0.1) is 0 Å². The molecule has 2 aliphatic rings. The number of rotatable bonds is 3. The van der Waals surface area contributed by atoms with E-state index < -0.39 is 0 Å². The minimum Gasteiger partial charge on any atom is -0.484 e. The number of benzene rings is 2. The van der Waals surface area contributed by atoms with E-state index in [0.29, 0.717) is 6.04 Å². The monoisotopic (exact) mass is 308 g/mol. The van der Waals surface area contributed by atoms with Gasteiger partial charge in [0.05, 0.1) is 6.04 Å². The van der Waals surface area contributed by atoms with Crippen LogP contribution in [-0.2, 0) is 6.42 Å². The Hall–Kier alpha value is -2.00. The molecule has 2 N–H and O–H groups in total. The summed E-state index contributed by atoms with van der Waals surface area (Å²) in [4.78, 5) is 2.63. The first kappa shape index (κ1) is 14.6. The van der Waals surface area contributed by atoms with Crippen LogP contribution in [0.4, 0.5) is 5.69 Å². The van der Waals surface area contributed by atoms with Gasteiger partial charge in [-0.05, 0) is 55.6 Å². The second kappa shape index (κ2) is 6.25. The first-order valence-corrected chi connectivity index (χ1v) is 8.65. The van der Waals surface area contributed by atoms with E-state index in [1.54, 1.807) is 0 Å². The van der Waals surface area contributed by atoms with E-state index in [1.807, 2.05) is 24.3 Å². The van der Waals surface area contributed by atoms with Crippen molar-refractivity contribution in [2.24, 2.45) is 0 Å². The highest BCUT2D eigenvalue weighted by Gasteiger charge is 2.38. The number of nitrogen functional groups attached to an aromatic ring is 1. The molecule has 2 aromatic carbocycles. The minimum atomic E-state index is 0.103. The number of hydrogen-bond donors (Lipinski definition) is 1. The van der Waals surface area contributed by atoms with Crippen LogP contribution in [0, 0.1) is 0 Å². The Kier molecular flexibility index (Phi) is 3.96. The molecule has 0 radical (unpaired) electrons. The van der Waals surface area contributed by atoms with Crippen LogP contribution in [0.3, 0.4) is 0 Å². The second-order valence-electron chi connectivity index (χ2n) is 6.68. The predicted molar refractivity (Wildman–Crippen MR) is 93.6 cm³/mol. The second-order valence-corrected chi connectivity index (χ2v) is 6.68. The number of nitrogens with two attached hydrogens (primary N) is 1. The summed E-state index contributed by atoms with van der Waals surface area (Å²) in [6, 6.07) is 16.9. The van der Waals surface area contributed by atoms with Crippen LogP contribution in [0.15, 0.2) is 48.5 Å². The fraction of sp³-hybridized carbons (Fsp3) is 0.400. The van der Waals surface area contributed by atoms with Crippen molar-refractivity contribution >= 4 is 5.69 Å². The first-order chi connectivity index (χ1) is 11.3. The van der Waals surface area contributed by atoms with Crippen LogP contribution < -0.4 is 10.5 Å². The van der Waals surface area contributed by atoms with Gasteiger partial charge in [0.2, 0.25) is 0 Å². The fourth-order valence-corrected chi connectivity index (χ4v) is 3.98. The number of likely N-dealkylation sites (tertiary alicyclic amines) is 1. The molecule has 3 nitrogen and oxygen atoms in total. The fourth-order valence-electron chi connectivity index (χ4n) is 3.98. The average Bonchev–Trinajstić information content (AvgIpc) is 2.95. The van der Waals surface area contributed by atoms with Crippen molar-refractivity contribution in [3.63, 3.8) is 0 Å². The molecule has 3 heteroatoms. The molecule has 2 aromatic rings. The minimum absolute atomic E-state index is 0.103. The Morgan fingerprint density at radius 3 is 2.61 bits per heavy atom. The van der Waals surface area contributed by atoms with Gasteiger partial charge in [-0.1, -0.05) is 36.8 Å². The van der Waals surface area contributed by atoms with E-state index in [2.05, 4.69) is 29.2 Å². The molecule has 2 atom stereocenters. The van der Waals surface area contributed by atoms with Crippen molar-refractivity contribution in [3.8, 4) is 5.75 Å². The highest BCUT2D eigenvalue weighted by molar-refractivity contribution is 5.44. The maximum absolute atomic E-state index is 6.43. The lowest BCUT2D eigenvalue weighted by atomic mass is 10.0. The standard InChI is InChI=1S/C20H24N2O/c21-16-8-6-9-17(14-16)23-20-18-10-3-2-7-15(18)13-19(20)22-11-4-1-5-12-22/h2-3,6-10,14,19-20H,1,4-5,11-13,21H2/t19-,20-/m0/s1. The summed E-state index contributed by atoms with van der Waals surface area (Å²) >= 11 is 0. The van der Waals surface area contributed by atoms with E-state index >= 15 is 0 Å². The van der Waals surface area contributed by atoms with Crippen LogP contribution in [0.1, 0.15) is 36.5 Å². The number of nitrogens with zero attached hydrogens (tertiary/aromatic N) is 1. The number of fused-ring (bicyclic) bond motifs is 1. The maximum atomic E-state index is 6.43. The third kappa shape index (κ3) is 2.93. The third-order valence-corrected chi connectivity index (χ3v) is 5.12. The van der Waals surface area contributed by atoms with Gasteiger partial charge >= 0.3 is 0 Å². The molecular weight excluding hydrogens is 284 g/mol. The summed E-state index contributed by atoms with van der Waals surface area (Å²) in [6.45, 7) is 2.38. The average molecular weight is 308 g/mol. The summed E-state index contributed by atoms with van der Waals surface area (Å²) < 4.78 is 6.43. The topological polar surface area (TPSA) is 38.5 Å². The maximum Gasteiger partial charge on any atom is 0.140 e. The molecule has 120 valence electrons. The molecule has 0 amide bonds. The van der Waals surface area contributed by atoms with Gasteiger partial charge in [0, 0.05) is 11.8 Å². The predicted octanol–water partition coefficient (Wildman–Crippen LogP) is 3.80. The zero-order chi connectivity index (χ0) is 15.6. The number of ether oxygens (including phenoxy) is 1. The highest BCUT2D eigenvalue weighted by atomic mass is 16.5. The molecule has 0 spiro atoms. The van der Waals surface area contributed by atoms with Crippen molar-refractivity contribution < 1.29 is 4.74 Å². The summed E-state index contributed by atoms with van der Waals surface area (Å²) in [5.41, 5.74) is 9.43. The van der Waals surface area contributed by atoms with Crippen molar-refractivity contribution in [1.29, 1.82) is 0 Å². The van der Waals surface area contributed by atoms with Crippen LogP contribution in [0.25, 0.3) is 0 Å². The molecule has 23 heavy (non-hydrogen) atoms. The Morgan fingerprint density at radius 2 is 1.78 bits per heavy atom. The first-order valence-electron chi connectivity index (χ1n) is 8.65. The molecule has 1 saturated heterocycles. The quantitative estimate of drug-likeness (QED) is 0.877. The lowest BCUT2D eigenvalue weighted by molar-refractivity contribution is 0.0648. The lowest BCUT2D eigenvalue weighted by Crippen LogP contribution is -2.43. The Morgan fingerprint density at radius 1 is 0.957 bits per heavy atom. The van der Waals surface area contributed by atoms with Gasteiger partial charge in [-0.25, -0.2) is 0 Å². The van der Waals surface area contributed by atoms with Gasteiger partial charge in [0.1, 0.15) is 11.9 Å². The van der Waals surface area contributed by atoms with E-state index in [4.69, 9.17) is 10.5 Å². The summed E-state index contributed by atoms with van der Waals surface area (Å²) in [6.07, 6.45) is 5.15. The summed E-state index contributed by atoms with van der Waals surface area (Å²) in [5.74, 6) is 0.869. The van der Waals surface area contributed by atoms with Gasteiger partial charge in [-0.2, -0.15) is 0 Å². The highest BCUT2D eigenvalue weighted by Crippen LogP contribution is 2.39. The zero-order valence-electron chi connectivity index (χ0n) is 13.4. The van der Waals surface area contributed by atoms with Gasteiger partial charge in [0.15, 0.2) is 0 Å². The molecule has 0 aromatic heterocycles. The molecule has 1 fully saturated rings. The Balaban J connectivity index is 1.63. The number of piperidine rings is 1. The molecule has 0 unspecified atom stereocenters. The molecule has 1 aliphatic heterocycles. The summed E-state index contributed by atoms with van der Waals surface area (Å²) in [7, 11) is 0. The lowest BCUT2D eigenvalue weighted by Gasteiger charge is -2.35. The zero-order valence-corrected chi connectivity index (χ0v) is 13.4. The van der Waals surface area contributed by atoms with E-state index in [0.717, 1.165) is 17.9 Å². The molecule has 4 rings (SSSR count). The normalized spacial score (nSPS) is 24.3.